The lowest BCUT2D eigenvalue weighted by molar-refractivity contribution is -0.128. The maximum atomic E-state index is 10.3. The van der Waals surface area contributed by atoms with Crippen molar-refractivity contribution < 1.29 is 19.7 Å². The summed E-state index contributed by atoms with van der Waals surface area (Å²) in [6, 6.07) is 0. The van der Waals surface area contributed by atoms with Gasteiger partial charge in [-0.05, 0) is 0 Å². The van der Waals surface area contributed by atoms with Crippen LogP contribution in [0.3, 0.4) is 0 Å². The topological polar surface area (TPSA) is 66.8 Å². The predicted molar refractivity (Wildman–Crippen MR) is 59.6 cm³/mol. The predicted octanol–water partition coefficient (Wildman–Crippen LogP) is 0.694. The van der Waals surface area contributed by atoms with E-state index in [-0.39, 0.29) is 12.2 Å². The molecule has 0 bridgehead atoms. The zero-order valence-corrected chi connectivity index (χ0v) is 9.19. The highest BCUT2D eigenvalue weighted by Crippen LogP contribution is 1.87. The molecule has 0 amide bonds. The Balaban J connectivity index is 0. The summed E-state index contributed by atoms with van der Waals surface area (Å²) in [5, 5.41) is 16.7. The van der Waals surface area contributed by atoms with E-state index in [1.165, 1.54) is 0 Å². The van der Waals surface area contributed by atoms with E-state index in [9.17, 15) is 4.79 Å². The fourth-order valence-corrected chi connectivity index (χ4v) is 0.572. The third-order valence-electron chi connectivity index (χ3n) is 1.36. The van der Waals surface area contributed by atoms with E-state index in [0.717, 1.165) is 0 Å². The molecule has 0 fully saturated rings. The second-order valence-electron chi connectivity index (χ2n) is 2.63. The summed E-state index contributed by atoms with van der Waals surface area (Å²) in [5.74, 6) is -0.312. The summed E-state index contributed by atoms with van der Waals surface area (Å²) < 4.78 is 4.90. The Kier molecular flexibility index (Phi) is 14.3. The summed E-state index contributed by atoms with van der Waals surface area (Å²) in [6.07, 6.45) is 2.54. The van der Waals surface area contributed by atoms with Crippen molar-refractivity contribution in [3.63, 3.8) is 0 Å². The summed E-state index contributed by atoms with van der Waals surface area (Å²) in [4.78, 5) is 10.3. The van der Waals surface area contributed by atoms with Gasteiger partial charge in [0.05, 0.1) is 19.8 Å². The minimum Gasteiger partial charge on any atom is -0.393 e. The van der Waals surface area contributed by atoms with Crippen LogP contribution in [0.1, 0.15) is 13.3 Å². The Morgan fingerprint density at radius 2 is 1.87 bits per heavy atom. The Bertz CT molecular complexity index is 169. The largest absolute Gasteiger partial charge is 0.393 e. The van der Waals surface area contributed by atoms with E-state index in [1.807, 2.05) is 0 Å². The molecular formula is C11H20O4. The van der Waals surface area contributed by atoms with E-state index in [1.54, 1.807) is 19.1 Å². The number of Topliss-reactive ketones (excluding diaryl/α,β-unsaturated/α-hetero) is 1. The van der Waals surface area contributed by atoms with Crippen LogP contribution in [-0.4, -0.2) is 41.9 Å². The molecule has 1 atom stereocenters. The zero-order chi connectivity index (χ0) is 12.1. The molecule has 0 aromatic rings. The van der Waals surface area contributed by atoms with Gasteiger partial charge in [0.2, 0.25) is 0 Å². The van der Waals surface area contributed by atoms with Crippen LogP contribution in [-0.2, 0) is 9.53 Å². The van der Waals surface area contributed by atoms with Crippen molar-refractivity contribution in [2.75, 3.05) is 19.8 Å². The van der Waals surface area contributed by atoms with E-state index in [2.05, 4.69) is 13.2 Å². The highest BCUT2D eigenvalue weighted by molar-refractivity contribution is 5.82. The number of ether oxygens (including phenoxy) is 1. The Morgan fingerprint density at radius 1 is 1.40 bits per heavy atom. The minimum atomic E-state index is -1.17. The molecule has 4 heteroatoms. The lowest BCUT2D eigenvalue weighted by atomic mass is 10.2. The fraction of sp³-hybridized carbons (Fsp3) is 0.545. The van der Waals surface area contributed by atoms with E-state index < -0.39 is 12.7 Å². The molecule has 0 aromatic carbocycles. The van der Waals surface area contributed by atoms with Gasteiger partial charge < -0.3 is 14.9 Å². The molecule has 15 heavy (non-hydrogen) atoms. The molecule has 0 saturated carbocycles. The lowest BCUT2D eigenvalue weighted by Gasteiger charge is -2.00. The average molecular weight is 216 g/mol. The first-order valence-electron chi connectivity index (χ1n) is 4.75. The molecule has 0 aliphatic heterocycles. The van der Waals surface area contributed by atoms with Crippen LogP contribution < -0.4 is 0 Å². The van der Waals surface area contributed by atoms with Crippen molar-refractivity contribution in [2.45, 2.75) is 19.4 Å². The van der Waals surface area contributed by atoms with E-state index in [4.69, 9.17) is 14.9 Å². The normalized spacial score (nSPS) is 10.9. The standard InChI is InChI=1S/C6H10O.C5H10O3/c1-3-5-7-6-4-2;1-2-4(7)5(8)3-6/h3-4H,1-2,5-6H2;5-6,8H,2-3H2,1H3. The van der Waals surface area contributed by atoms with Crippen molar-refractivity contribution in [3.05, 3.63) is 25.3 Å². The molecule has 0 aliphatic rings. The number of rotatable bonds is 7. The number of aliphatic hydroxyl groups excluding tert-OH is 2. The first-order valence-corrected chi connectivity index (χ1v) is 4.75. The van der Waals surface area contributed by atoms with Gasteiger partial charge in [0.15, 0.2) is 5.78 Å². The van der Waals surface area contributed by atoms with E-state index in [0.29, 0.717) is 13.2 Å². The molecule has 88 valence electrons. The molecule has 0 spiro atoms. The quantitative estimate of drug-likeness (QED) is 0.485. The SMILES string of the molecule is C=CCOCC=C.CCC(=O)C(O)CO. The van der Waals surface area contributed by atoms with Gasteiger partial charge in [0.1, 0.15) is 6.10 Å². The molecule has 0 rings (SSSR count). The average Bonchev–Trinajstić information content (AvgIpc) is 2.28. The van der Waals surface area contributed by atoms with Crippen LogP contribution in [0.4, 0.5) is 0 Å². The molecule has 0 heterocycles. The fourth-order valence-electron chi connectivity index (χ4n) is 0.572. The Morgan fingerprint density at radius 3 is 2.07 bits per heavy atom. The summed E-state index contributed by atoms with van der Waals surface area (Å²) in [6.45, 7) is 9.36. The molecule has 2 N–H and O–H groups in total. The van der Waals surface area contributed by atoms with Crippen molar-refractivity contribution >= 4 is 5.78 Å². The van der Waals surface area contributed by atoms with Gasteiger partial charge in [-0.3, -0.25) is 4.79 Å². The van der Waals surface area contributed by atoms with Gasteiger partial charge in [0, 0.05) is 6.42 Å². The number of hydrogen-bond donors (Lipinski definition) is 2. The van der Waals surface area contributed by atoms with Crippen molar-refractivity contribution in [3.8, 4) is 0 Å². The molecular weight excluding hydrogens is 196 g/mol. The van der Waals surface area contributed by atoms with Gasteiger partial charge in [-0.15, -0.1) is 13.2 Å². The van der Waals surface area contributed by atoms with Crippen LogP contribution in [0, 0.1) is 0 Å². The highest BCUT2D eigenvalue weighted by Gasteiger charge is 2.09. The Hall–Kier alpha value is -0.970. The van der Waals surface area contributed by atoms with Gasteiger partial charge in [0.25, 0.3) is 0 Å². The van der Waals surface area contributed by atoms with Crippen LogP contribution in [0.15, 0.2) is 25.3 Å². The first-order chi connectivity index (χ1) is 7.13. The number of carbonyl (C=O) groups excluding carboxylic acids is 1. The molecule has 0 saturated heterocycles. The van der Waals surface area contributed by atoms with Crippen molar-refractivity contribution in [1.29, 1.82) is 0 Å². The molecule has 0 aromatic heterocycles. The summed E-state index contributed by atoms with van der Waals surface area (Å²) in [7, 11) is 0. The Labute approximate surface area is 90.9 Å². The summed E-state index contributed by atoms with van der Waals surface area (Å²) >= 11 is 0. The number of aliphatic hydroxyl groups is 2. The third kappa shape index (κ3) is 13.0. The van der Waals surface area contributed by atoms with Gasteiger partial charge >= 0.3 is 0 Å². The monoisotopic (exact) mass is 216 g/mol. The van der Waals surface area contributed by atoms with E-state index >= 15 is 0 Å². The minimum absolute atomic E-state index is 0.279. The van der Waals surface area contributed by atoms with Crippen molar-refractivity contribution in [2.24, 2.45) is 0 Å². The van der Waals surface area contributed by atoms with Crippen LogP contribution in [0.2, 0.25) is 0 Å². The van der Waals surface area contributed by atoms with Crippen molar-refractivity contribution in [1.82, 2.24) is 0 Å². The van der Waals surface area contributed by atoms with Crippen LogP contribution in [0.5, 0.6) is 0 Å². The molecule has 1 unspecified atom stereocenters. The first kappa shape index (κ1) is 16.5. The second kappa shape index (κ2) is 13.0. The number of carbonyl (C=O) groups is 1. The third-order valence-corrected chi connectivity index (χ3v) is 1.36. The second-order valence-corrected chi connectivity index (χ2v) is 2.63. The maximum Gasteiger partial charge on any atom is 0.163 e. The number of hydrogen-bond acceptors (Lipinski definition) is 4. The number of ketones is 1. The lowest BCUT2D eigenvalue weighted by Crippen LogP contribution is -2.22. The van der Waals surface area contributed by atoms with Crippen LogP contribution >= 0.6 is 0 Å². The molecule has 0 aliphatic carbocycles. The van der Waals surface area contributed by atoms with Crippen LogP contribution in [0.25, 0.3) is 0 Å². The highest BCUT2D eigenvalue weighted by atomic mass is 16.5. The maximum absolute atomic E-state index is 10.3. The zero-order valence-electron chi connectivity index (χ0n) is 9.19. The van der Waals surface area contributed by atoms with Gasteiger partial charge in [-0.2, -0.15) is 0 Å². The van der Waals surface area contributed by atoms with Gasteiger partial charge in [-0.25, -0.2) is 0 Å². The van der Waals surface area contributed by atoms with Gasteiger partial charge in [-0.1, -0.05) is 19.1 Å². The molecule has 4 nitrogen and oxygen atoms in total. The summed E-state index contributed by atoms with van der Waals surface area (Å²) in [5.41, 5.74) is 0. The molecule has 0 radical (unpaired) electrons. The smallest absolute Gasteiger partial charge is 0.163 e.